The van der Waals surface area contributed by atoms with Gasteiger partial charge in [0.05, 0.1) is 12.4 Å². The van der Waals surface area contributed by atoms with Crippen LogP contribution in [0.4, 0.5) is 0 Å². The second-order valence-corrected chi connectivity index (χ2v) is 7.07. The van der Waals surface area contributed by atoms with E-state index in [1.54, 1.807) is 0 Å². The lowest BCUT2D eigenvalue weighted by Crippen LogP contribution is -2.37. The number of halogens is 1. The van der Waals surface area contributed by atoms with E-state index in [0.717, 1.165) is 19.3 Å². The molecule has 0 spiro atoms. The summed E-state index contributed by atoms with van der Waals surface area (Å²) >= 11 is 5.56. The number of nitrogens with zero attached hydrogens (tertiary/aromatic N) is 2. The van der Waals surface area contributed by atoms with Crippen LogP contribution in [0.5, 0.6) is 0 Å². The predicted molar refractivity (Wildman–Crippen MR) is 73.3 cm³/mol. The molecule has 1 saturated carbocycles. The molecule has 0 aromatic carbocycles. The number of hydrogen-bond donors (Lipinski definition) is 1. The summed E-state index contributed by atoms with van der Waals surface area (Å²) in [5.41, 5.74) is 0. The molecule has 3 atom stereocenters. The molecule has 1 N–H and O–H groups in total. The Labute approximate surface area is 118 Å². The third kappa shape index (κ3) is 3.24. The summed E-state index contributed by atoms with van der Waals surface area (Å²) in [6.45, 7) is 4.25. The molecular weight excluding hydrogens is 286 g/mol. The highest BCUT2D eigenvalue weighted by molar-refractivity contribution is 7.89. The van der Waals surface area contributed by atoms with Crippen molar-refractivity contribution < 1.29 is 8.42 Å². The van der Waals surface area contributed by atoms with E-state index in [0.29, 0.717) is 11.8 Å². The average Bonchev–Trinajstić information content (AvgIpc) is 2.70. The smallest absolute Gasteiger partial charge is 0.225 e. The van der Waals surface area contributed by atoms with Gasteiger partial charge < -0.3 is 0 Å². The molecule has 1 aromatic heterocycles. The van der Waals surface area contributed by atoms with Gasteiger partial charge in [0.2, 0.25) is 15.3 Å². The molecule has 1 aliphatic rings. The summed E-state index contributed by atoms with van der Waals surface area (Å²) in [4.78, 5) is 7.47. The molecule has 1 aromatic rings. The van der Waals surface area contributed by atoms with Crippen LogP contribution in [-0.4, -0.2) is 24.4 Å². The lowest BCUT2D eigenvalue weighted by molar-refractivity contribution is 0.368. The standard InChI is InChI=1S/C12H18ClN3O2S/c1-3-9-4-5-11(8(9)2)16-19(17,18)10-6-14-12(13)15-7-10/h6-9,11,16H,3-5H2,1-2H3. The summed E-state index contributed by atoms with van der Waals surface area (Å²) in [5, 5.41) is 0.0410. The molecule has 1 fully saturated rings. The largest absolute Gasteiger partial charge is 0.243 e. The van der Waals surface area contributed by atoms with Gasteiger partial charge in [-0.25, -0.2) is 23.1 Å². The molecule has 0 bridgehead atoms. The number of hydrogen-bond acceptors (Lipinski definition) is 4. The summed E-state index contributed by atoms with van der Waals surface area (Å²) in [7, 11) is -3.56. The van der Waals surface area contributed by atoms with Crippen LogP contribution in [0.2, 0.25) is 5.28 Å². The zero-order chi connectivity index (χ0) is 14.0. The van der Waals surface area contributed by atoms with Gasteiger partial charge in [-0.2, -0.15) is 0 Å². The van der Waals surface area contributed by atoms with Crippen LogP contribution < -0.4 is 4.72 Å². The maximum atomic E-state index is 12.2. The van der Waals surface area contributed by atoms with Crippen molar-refractivity contribution in [3.63, 3.8) is 0 Å². The van der Waals surface area contributed by atoms with Gasteiger partial charge in [-0.05, 0) is 36.3 Å². The van der Waals surface area contributed by atoms with Crippen molar-refractivity contribution in [3.8, 4) is 0 Å². The van der Waals surface area contributed by atoms with E-state index in [1.165, 1.54) is 12.4 Å². The highest BCUT2D eigenvalue weighted by atomic mass is 35.5. The van der Waals surface area contributed by atoms with Gasteiger partial charge in [0.15, 0.2) is 0 Å². The first-order chi connectivity index (χ1) is 8.94. The second kappa shape index (κ2) is 5.73. The predicted octanol–water partition coefficient (Wildman–Crippen LogP) is 2.23. The fourth-order valence-electron chi connectivity index (χ4n) is 2.70. The second-order valence-electron chi connectivity index (χ2n) is 5.02. The van der Waals surface area contributed by atoms with E-state index >= 15 is 0 Å². The van der Waals surface area contributed by atoms with Crippen molar-refractivity contribution in [3.05, 3.63) is 17.7 Å². The Hall–Kier alpha value is -0.720. The van der Waals surface area contributed by atoms with E-state index < -0.39 is 10.0 Å². The molecule has 1 heterocycles. The van der Waals surface area contributed by atoms with Crippen LogP contribution >= 0.6 is 11.6 Å². The lowest BCUT2D eigenvalue weighted by Gasteiger charge is -2.20. The minimum absolute atomic E-state index is 0.00868. The third-order valence-corrected chi connectivity index (χ3v) is 5.60. The van der Waals surface area contributed by atoms with Crippen LogP contribution in [0, 0.1) is 11.8 Å². The molecule has 7 heteroatoms. The molecule has 0 aliphatic heterocycles. The number of aromatic nitrogens is 2. The van der Waals surface area contributed by atoms with E-state index in [9.17, 15) is 8.42 Å². The Balaban J connectivity index is 2.12. The van der Waals surface area contributed by atoms with Crippen LogP contribution in [0.15, 0.2) is 17.3 Å². The lowest BCUT2D eigenvalue weighted by atomic mass is 9.94. The maximum Gasteiger partial charge on any atom is 0.243 e. The molecule has 0 amide bonds. The van der Waals surface area contributed by atoms with Gasteiger partial charge in [-0.15, -0.1) is 0 Å². The summed E-state index contributed by atoms with van der Waals surface area (Å²) < 4.78 is 27.2. The fourth-order valence-corrected chi connectivity index (χ4v) is 4.04. The van der Waals surface area contributed by atoms with E-state index in [-0.39, 0.29) is 16.2 Å². The Morgan fingerprint density at radius 2 is 2.00 bits per heavy atom. The topological polar surface area (TPSA) is 72.0 Å². The first-order valence-electron chi connectivity index (χ1n) is 6.44. The highest BCUT2D eigenvalue weighted by Crippen LogP contribution is 2.34. The zero-order valence-corrected chi connectivity index (χ0v) is 12.6. The van der Waals surface area contributed by atoms with Crippen molar-refractivity contribution in [2.75, 3.05) is 0 Å². The first-order valence-corrected chi connectivity index (χ1v) is 8.30. The Bertz CT molecular complexity index is 532. The zero-order valence-electron chi connectivity index (χ0n) is 11.0. The summed E-state index contributed by atoms with van der Waals surface area (Å²) in [5.74, 6) is 0.946. The number of nitrogens with one attached hydrogen (secondary N) is 1. The molecule has 0 saturated heterocycles. The summed E-state index contributed by atoms with van der Waals surface area (Å²) in [6.07, 6.45) is 5.50. The highest BCUT2D eigenvalue weighted by Gasteiger charge is 2.34. The van der Waals surface area contributed by atoms with Gasteiger partial charge in [-0.3, -0.25) is 0 Å². The SMILES string of the molecule is CCC1CCC(NS(=O)(=O)c2cnc(Cl)nc2)C1C. The van der Waals surface area contributed by atoms with E-state index in [4.69, 9.17) is 11.6 Å². The van der Waals surface area contributed by atoms with Crippen molar-refractivity contribution >= 4 is 21.6 Å². The molecule has 1 aliphatic carbocycles. The molecule has 19 heavy (non-hydrogen) atoms. The maximum absolute atomic E-state index is 12.2. The molecule has 3 unspecified atom stereocenters. The third-order valence-electron chi connectivity index (χ3n) is 3.96. The van der Waals surface area contributed by atoms with Gasteiger partial charge >= 0.3 is 0 Å². The van der Waals surface area contributed by atoms with Gasteiger partial charge in [0, 0.05) is 6.04 Å². The fraction of sp³-hybridized carbons (Fsp3) is 0.667. The Morgan fingerprint density at radius 3 is 2.53 bits per heavy atom. The van der Waals surface area contributed by atoms with Crippen molar-refractivity contribution in [1.82, 2.24) is 14.7 Å². The number of sulfonamides is 1. The van der Waals surface area contributed by atoms with Gasteiger partial charge in [0.1, 0.15) is 4.90 Å². The molecule has 106 valence electrons. The van der Waals surface area contributed by atoms with Crippen LogP contribution in [-0.2, 0) is 10.0 Å². The monoisotopic (exact) mass is 303 g/mol. The van der Waals surface area contributed by atoms with Gasteiger partial charge in [-0.1, -0.05) is 20.3 Å². The van der Waals surface area contributed by atoms with E-state index in [1.807, 2.05) is 0 Å². The van der Waals surface area contributed by atoms with Crippen LogP contribution in [0.25, 0.3) is 0 Å². The van der Waals surface area contributed by atoms with Crippen molar-refractivity contribution in [2.24, 2.45) is 11.8 Å². The first kappa shape index (κ1) is 14.7. The molecule has 2 rings (SSSR count). The van der Waals surface area contributed by atoms with Crippen molar-refractivity contribution in [1.29, 1.82) is 0 Å². The van der Waals surface area contributed by atoms with Crippen molar-refractivity contribution in [2.45, 2.75) is 44.0 Å². The number of rotatable bonds is 4. The van der Waals surface area contributed by atoms with Crippen LogP contribution in [0.3, 0.4) is 0 Å². The summed E-state index contributed by atoms with van der Waals surface area (Å²) in [6, 6.07) is -0.00868. The molecule has 0 radical (unpaired) electrons. The van der Waals surface area contributed by atoms with E-state index in [2.05, 4.69) is 28.5 Å². The Morgan fingerprint density at radius 1 is 1.37 bits per heavy atom. The normalized spacial score (nSPS) is 27.6. The average molecular weight is 304 g/mol. The molecular formula is C12H18ClN3O2S. The minimum atomic E-state index is -3.56. The molecule has 5 nitrogen and oxygen atoms in total. The Kier molecular flexibility index (Phi) is 4.43. The quantitative estimate of drug-likeness (QED) is 0.866. The minimum Gasteiger partial charge on any atom is -0.225 e. The van der Waals surface area contributed by atoms with Crippen LogP contribution in [0.1, 0.15) is 33.1 Å². The van der Waals surface area contributed by atoms with Gasteiger partial charge in [0.25, 0.3) is 0 Å².